The standard InChI is InChI=1S/C26H28F3N7O2/c1-14(16-6-18(26(27,28)29)8-19(30)7-16)32-25-21-9-20(23(38-5)10-22(21)33-15(2)34-25)17-11-31-36(12-17)13-24(37)35(3)4/h6-12,14H,13,30H2,1-5H3,(H,32,33,34)/t14-/m1/s1. The van der Waals surface area contributed by atoms with Crippen LogP contribution in [0.15, 0.2) is 42.7 Å². The number of aromatic nitrogens is 4. The van der Waals surface area contributed by atoms with Gasteiger partial charge < -0.3 is 20.7 Å². The van der Waals surface area contributed by atoms with E-state index in [0.29, 0.717) is 45.0 Å². The molecule has 0 unspecified atom stereocenters. The van der Waals surface area contributed by atoms with E-state index in [-0.39, 0.29) is 18.1 Å². The van der Waals surface area contributed by atoms with Gasteiger partial charge in [0.05, 0.1) is 30.4 Å². The molecule has 2 aromatic carbocycles. The molecule has 0 aliphatic rings. The van der Waals surface area contributed by atoms with E-state index in [1.54, 1.807) is 46.4 Å². The number of hydrogen-bond donors (Lipinski definition) is 2. The number of nitrogen functional groups attached to an aromatic ring is 1. The first-order chi connectivity index (χ1) is 17.8. The number of ether oxygens (including phenoxy) is 1. The van der Waals surface area contributed by atoms with Crippen molar-refractivity contribution < 1.29 is 22.7 Å². The quantitative estimate of drug-likeness (QED) is 0.336. The average Bonchev–Trinajstić information content (AvgIpc) is 3.30. The summed E-state index contributed by atoms with van der Waals surface area (Å²) in [4.78, 5) is 22.6. The molecule has 200 valence electrons. The zero-order valence-corrected chi connectivity index (χ0v) is 21.6. The van der Waals surface area contributed by atoms with Crippen molar-refractivity contribution in [1.29, 1.82) is 0 Å². The number of halogens is 3. The third kappa shape index (κ3) is 5.63. The number of nitrogens with zero attached hydrogens (tertiary/aromatic N) is 5. The number of nitrogens with one attached hydrogen (secondary N) is 1. The molecule has 0 aliphatic heterocycles. The van der Waals surface area contributed by atoms with Gasteiger partial charge >= 0.3 is 6.18 Å². The topological polar surface area (TPSA) is 111 Å². The van der Waals surface area contributed by atoms with Crippen molar-refractivity contribution in [1.82, 2.24) is 24.6 Å². The molecule has 0 spiro atoms. The van der Waals surface area contributed by atoms with Crippen molar-refractivity contribution in [3.05, 3.63) is 59.7 Å². The third-order valence-corrected chi connectivity index (χ3v) is 6.03. The smallest absolute Gasteiger partial charge is 0.416 e. The highest BCUT2D eigenvalue weighted by Crippen LogP contribution is 2.37. The first kappa shape index (κ1) is 26.7. The van der Waals surface area contributed by atoms with Gasteiger partial charge in [-0.3, -0.25) is 9.48 Å². The second-order valence-electron chi connectivity index (χ2n) is 9.16. The van der Waals surface area contributed by atoms with Crippen LogP contribution in [0.3, 0.4) is 0 Å². The van der Waals surface area contributed by atoms with E-state index in [4.69, 9.17) is 10.5 Å². The minimum atomic E-state index is -4.52. The Balaban J connectivity index is 1.75. The zero-order chi connectivity index (χ0) is 27.8. The molecular formula is C26H28F3N7O2. The van der Waals surface area contributed by atoms with Crippen LogP contribution in [0.1, 0.15) is 29.9 Å². The van der Waals surface area contributed by atoms with E-state index >= 15 is 0 Å². The van der Waals surface area contributed by atoms with Crippen LogP contribution in [0.2, 0.25) is 0 Å². The Morgan fingerprint density at radius 1 is 1.18 bits per heavy atom. The van der Waals surface area contributed by atoms with Crippen LogP contribution in [0.25, 0.3) is 22.0 Å². The Labute approximate surface area is 217 Å². The van der Waals surface area contributed by atoms with Gasteiger partial charge in [0.25, 0.3) is 0 Å². The third-order valence-electron chi connectivity index (χ3n) is 6.03. The summed E-state index contributed by atoms with van der Waals surface area (Å²) in [6, 6.07) is 6.52. The van der Waals surface area contributed by atoms with Crippen LogP contribution < -0.4 is 15.8 Å². The van der Waals surface area contributed by atoms with Crippen molar-refractivity contribution in [2.24, 2.45) is 0 Å². The van der Waals surface area contributed by atoms with Crippen LogP contribution >= 0.6 is 0 Å². The van der Waals surface area contributed by atoms with Gasteiger partial charge in [0.1, 0.15) is 23.9 Å². The highest BCUT2D eigenvalue weighted by Gasteiger charge is 2.31. The normalized spacial score (nSPS) is 12.4. The lowest BCUT2D eigenvalue weighted by Gasteiger charge is -2.19. The summed E-state index contributed by atoms with van der Waals surface area (Å²) < 4.78 is 47.2. The fourth-order valence-corrected chi connectivity index (χ4v) is 4.02. The molecule has 1 atom stereocenters. The average molecular weight is 528 g/mol. The molecule has 4 aromatic rings. The maximum atomic E-state index is 13.4. The van der Waals surface area contributed by atoms with Crippen molar-refractivity contribution in [2.75, 3.05) is 32.3 Å². The van der Waals surface area contributed by atoms with Crippen LogP contribution in [0, 0.1) is 6.92 Å². The lowest BCUT2D eigenvalue weighted by molar-refractivity contribution is -0.137. The van der Waals surface area contributed by atoms with Gasteiger partial charge in [-0.25, -0.2) is 9.97 Å². The molecule has 38 heavy (non-hydrogen) atoms. The number of rotatable bonds is 7. The van der Waals surface area contributed by atoms with Gasteiger partial charge in [0, 0.05) is 48.6 Å². The first-order valence-electron chi connectivity index (χ1n) is 11.7. The summed E-state index contributed by atoms with van der Waals surface area (Å²) in [5.41, 5.74) is 7.32. The van der Waals surface area contributed by atoms with E-state index in [9.17, 15) is 18.0 Å². The second kappa shape index (κ2) is 10.2. The van der Waals surface area contributed by atoms with Crippen molar-refractivity contribution in [3.8, 4) is 16.9 Å². The zero-order valence-electron chi connectivity index (χ0n) is 21.6. The number of alkyl halides is 3. The molecule has 0 aliphatic carbocycles. The summed E-state index contributed by atoms with van der Waals surface area (Å²) in [7, 11) is 4.88. The largest absolute Gasteiger partial charge is 0.496 e. The van der Waals surface area contributed by atoms with E-state index in [0.717, 1.165) is 12.1 Å². The number of fused-ring (bicyclic) bond motifs is 1. The Morgan fingerprint density at radius 3 is 2.58 bits per heavy atom. The highest BCUT2D eigenvalue weighted by molar-refractivity contribution is 5.95. The number of amides is 1. The summed E-state index contributed by atoms with van der Waals surface area (Å²) in [6.45, 7) is 3.54. The number of benzene rings is 2. The van der Waals surface area contributed by atoms with E-state index < -0.39 is 17.8 Å². The second-order valence-corrected chi connectivity index (χ2v) is 9.16. The SMILES string of the molecule is COc1cc2nc(C)nc(N[C@H](C)c3cc(N)cc(C(F)(F)F)c3)c2cc1-c1cnn(CC(=O)N(C)C)c1. The number of methoxy groups -OCH3 is 1. The fourth-order valence-electron chi connectivity index (χ4n) is 4.02. The molecule has 0 fully saturated rings. The number of carbonyl (C=O) groups excluding carboxylic acids is 1. The molecule has 0 radical (unpaired) electrons. The summed E-state index contributed by atoms with van der Waals surface area (Å²) >= 11 is 0. The molecular weight excluding hydrogens is 499 g/mol. The molecule has 2 heterocycles. The monoisotopic (exact) mass is 527 g/mol. The predicted molar refractivity (Wildman–Crippen MR) is 139 cm³/mol. The fraction of sp³-hybridized carbons (Fsp3) is 0.308. The summed E-state index contributed by atoms with van der Waals surface area (Å²) in [6.07, 6.45) is -1.15. The first-order valence-corrected chi connectivity index (χ1v) is 11.7. The highest BCUT2D eigenvalue weighted by atomic mass is 19.4. The maximum Gasteiger partial charge on any atom is 0.416 e. The lowest BCUT2D eigenvalue weighted by Crippen LogP contribution is -2.26. The molecule has 0 saturated heterocycles. The minimum absolute atomic E-state index is 0.0176. The number of likely N-dealkylation sites (N-methyl/N-ethyl adjacent to an activating group) is 1. The Kier molecular flexibility index (Phi) is 7.16. The van der Waals surface area contributed by atoms with Crippen LogP contribution in [0.4, 0.5) is 24.7 Å². The van der Waals surface area contributed by atoms with E-state index in [1.807, 2.05) is 6.07 Å². The Morgan fingerprint density at radius 2 is 1.92 bits per heavy atom. The van der Waals surface area contributed by atoms with Gasteiger partial charge in [-0.2, -0.15) is 18.3 Å². The maximum absolute atomic E-state index is 13.4. The lowest BCUT2D eigenvalue weighted by atomic mass is 10.0. The number of aryl methyl sites for hydroxylation is 1. The molecule has 0 bridgehead atoms. The molecule has 1 amide bonds. The summed E-state index contributed by atoms with van der Waals surface area (Å²) in [5.74, 6) is 1.35. The molecule has 0 saturated carbocycles. The number of anilines is 2. The van der Waals surface area contributed by atoms with Gasteiger partial charge in [0.15, 0.2) is 0 Å². The molecule has 2 aromatic heterocycles. The minimum Gasteiger partial charge on any atom is -0.496 e. The Hall–Kier alpha value is -4.35. The predicted octanol–water partition coefficient (Wildman–Crippen LogP) is 4.67. The van der Waals surface area contributed by atoms with Crippen LogP contribution in [-0.4, -0.2) is 51.8 Å². The number of nitrogens with two attached hydrogens (primary N) is 1. The van der Waals surface area contributed by atoms with E-state index in [1.165, 1.54) is 22.8 Å². The molecule has 12 heteroatoms. The number of carbonyl (C=O) groups is 1. The van der Waals surface area contributed by atoms with Gasteiger partial charge in [-0.1, -0.05) is 0 Å². The van der Waals surface area contributed by atoms with Gasteiger partial charge in [0.2, 0.25) is 5.91 Å². The van der Waals surface area contributed by atoms with Crippen molar-refractivity contribution in [3.63, 3.8) is 0 Å². The van der Waals surface area contributed by atoms with Gasteiger partial charge in [-0.05, 0) is 43.7 Å². The molecule has 4 rings (SSSR count). The van der Waals surface area contributed by atoms with E-state index in [2.05, 4.69) is 20.4 Å². The van der Waals surface area contributed by atoms with Crippen molar-refractivity contribution in [2.45, 2.75) is 32.6 Å². The number of hydrogen-bond acceptors (Lipinski definition) is 7. The Bertz CT molecular complexity index is 1500. The van der Waals surface area contributed by atoms with Crippen molar-refractivity contribution >= 4 is 28.3 Å². The summed E-state index contributed by atoms with van der Waals surface area (Å²) in [5, 5.41) is 8.15. The molecule has 3 N–H and O–H groups in total. The van der Waals surface area contributed by atoms with Crippen LogP contribution in [-0.2, 0) is 17.5 Å². The van der Waals surface area contributed by atoms with Crippen LogP contribution in [0.5, 0.6) is 5.75 Å². The van der Waals surface area contributed by atoms with Gasteiger partial charge in [-0.15, -0.1) is 0 Å². The molecule has 9 nitrogen and oxygen atoms in total.